The molecule has 1 fully saturated rings. The van der Waals surface area contributed by atoms with E-state index >= 15 is 0 Å². The van der Waals surface area contributed by atoms with Gasteiger partial charge in [-0.3, -0.25) is 14.2 Å². The molecule has 0 spiro atoms. The second-order valence-corrected chi connectivity index (χ2v) is 10.8. The number of halogens is 1. The number of hydrogen-bond donors (Lipinski definition) is 2. The fraction of sp³-hybridized carbons (Fsp3) is 0.391. The Balaban J connectivity index is 1.62. The fourth-order valence-electron chi connectivity index (χ4n) is 4.25. The van der Waals surface area contributed by atoms with Crippen LogP contribution in [0.3, 0.4) is 0 Å². The first-order valence-corrected chi connectivity index (χ1v) is 13.4. The Morgan fingerprint density at radius 3 is 2.54 bits per heavy atom. The van der Waals surface area contributed by atoms with Crippen molar-refractivity contribution in [1.29, 1.82) is 0 Å². The number of fused-ring (bicyclic) bond motifs is 1. The summed E-state index contributed by atoms with van der Waals surface area (Å²) < 4.78 is 17.7. The maximum absolute atomic E-state index is 13.4. The van der Waals surface area contributed by atoms with E-state index in [4.69, 9.17) is 26.1 Å². The SMILES string of the molecule is COc1cc2cnn(CC(=O)c3ccc(Cl)cc3)c(=O)c2c(N2CCC(CCP(=O)(O)O)CC2)n1. The third-order valence-corrected chi connectivity index (χ3v) is 7.30. The molecule has 35 heavy (non-hydrogen) atoms. The van der Waals surface area contributed by atoms with E-state index in [1.807, 2.05) is 4.90 Å². The Kier molecular flexibility index (Phi) is 7.56. The number of ketones is 1. The minimum absolute atomic E-state index is 0.129. The molecule has 186 valence electrons. The minimum Gasteiger partial charge on any atom is -0.481 e. The lowest BCUT2D eigenvalue weighted by molar-refractivity contribution is 0.0966. The molecule has 0 radical (unpaired) electrons. The summed E-state index contributed by atoms with van der Waals surface area (Å²) in [6.07, 6.45) is 3.28. The first-order valence-electron chi connectivity index (χ1n) is 11.2. The predicted octanol–water partition coefficient (Wildman–Crippen LogP) is 3.12. The van der Waals surface area contributed by atoms with Crippen LogP contribution < -0.4 is 15.2 Å². The first kappa shape index (κ1) is 25.3. The molecule has 10 nitrogen and oxygen atoms in total. The van der Waals surface area contributed by atoms with Crippen LogP contribution in [0.5, 0.6) is 5.88 Å². The van der Waals surface area contributed by atoms with E-state index in [1.165, 1.54) is 13.3 Å². The zero-order chi connectivity index (χ0) is 25.2. The number of methoxy groups -OCH3 is 1. The molecule has 3 heterocycles. The molecule has 0 amide bonds. The molecule has 0 bridgehead atoms. The number of carbonyl (C=O) groups excluding carboxylic acids is 1. The highest BCUT2D eigenvalue weighted by Gasteiger charge is 2.26. The van der Waals surface area contributed by atoms with Crippen LogP contribution in [-0.4, -0.2) is 56.7 Å². The second kappa shape index (κ2) is 10.5. The number of benzene rings is 1. The van der Waals surface area contributed by atoms with E-state index in [9.17, 15) is 14.2 Å². The van der Waals surface area contributed by atoms with Gasteiger partial charge in [-0.15, -0.1) is 0 Å². The van der Waals surface area contributed by atoms with Crippen molar-refractivity contribution in [1.82, 2.24) is 14.8 Å². The van der Waals surface area contributed by atoms with Crippen molar-refractivity contribution in [3.05, 3.63) is 57.5 Å². The third-order valence-electron chi connectivity index (χ3n) is 6.20. The number of rotatable bonds is 8. The molecule has 12 heteroatoms. The highest BCUT2D eigenvalue weighted by Crippen LogP contribution is 2.38. The number of piperidine rings is 1. The summed E-state index contributed by atoms with van der Waals surface area (Å²) in [6, 6.07) is 8.06. The second-order valence-electron chi connectivity index (χ2n) is 8.60. The van der Waals surface area contributed by atoms with Crippen LogP contribution in [0.2, 0.25) is 5.02 Å². The number of pyridine rings is 1. The summed E-state index contributed by atoms with van der Waals surface area (Å²) in [5.41, 5.74) is -0.00718. The van der Waals surface area contributed by atoms with Gasteiger partial charge in [0.15, 0.2) is 5.78 Å². The average molecular weight is 521 g/mol. The Morgan fingerprint density at radius 1 is 1.23 bits per heavy atom. The summed E-state index contributed by atoms with van der Waals surface area (Å²) in [5.74, 6) is 0.704. The molecule has 0 atom stereocenters. The van der Waals surface area contributed by atoms with Crippen LogP contribution in [0.15, 0.2) is 41.3 Å². The summed E-state index contributed by atoms with van der Waals surface area (Å²) in [4.78, 5) is 51.0. The Labute approximate surface area is 206 Å². The number of hydrogen-bond acceptors (Lipinski definition) is 7. The molecule has 2 N–H and O–H groups in total. The molecule has 0 unspecified atom stereocenters. The van der Waals surface area contributed by atoms with Crippen LogP contribution in [-0.2, 0) is 11.1 Å². The monoisotopic (exact) mass is 520 g/mol. The molecule has 0 aliphatic carbocycles. The van der Waals surface area contributed by atoms with Crippen molar-refractivity contribution < 1.29 is 23.9 Å². The zero-order valence-corrected chi connectivity index (χ0v) is 20.8. The molecule has 4 rings (SSSR count). The summed E-state index contributed by atoms with van der Waals surface area (Å²) in [7, 11) is -2.53. The number of anilines is 1. The van der Waals surface area contributed by atoms with E-state index in [0.717, 1.165) is 4.68 Å². The number of nitrogens with zero attached hydrogens (tertiary/aromatic N) is 4. The van der Waals surface area contributed by atoms with Crippen LogP contribution in [0.4, 0.5) is 5.82 Å². The van der Waals surface area contributed by atoms with Gasteiger partial charge in [0.2, 0.25) is 5.88 Å². The Bertz CT molecular complexity index is 1330. The number of ether oxygens (including phenoxy) is 1. The normalized spacial score (nSPS) is 14.9. The van der Waals surface area contributed by atoms with E-state index in [2.05, 4.69) is 10.1 Å². The van der Waals surface area contributed by atoms with Crippen molar-refractivity contribution in [2.75, 3.05) is 31.3 Å². The van der Waals surface area contributed by atoms with Crippen molar-refractivity contribution in [3.63, 3.8) is 0 Å². The van der Waals surface area contributed by atoms with E-state index in [-0.39, 0.29) is 24.4 Å². The maximum Gasteiger partial charge on any atom is 0.325 e. The Morgan fingerprint density at radius 2 is 1.91 bits per heavy atom. The van der Waals surface area contributed by atoms with Crippen LogP contribution in [0, 0.1) is 5.92 Å². The van der Waals surface area contributed by atoms with Gasteiger partial charge in [0.05, 0.1) is 24.9 Å². The van der Waals surface area contributed by atoms with Gasteiger partial charge in [0, 0.05) is 35.1 Å². The van der Waals surface area contributed by atoms with Crippen molar-refractivity contribution in [3.8, 4) is 5.88 Å². The molecule has 1 aliphatic heterocycles. The molecule has 0 saturated carbocycles. The lowest BCUT2D eigenvalue weighted by atomic mass is 9.94. The number of aromatic nitrogens is 3. The van der Waals surface area contributed by atoms with E-state index in [1.54, 1.807) is 30.3 Å². The van der Waals surface area contributed by atoms with Gasteiger partial charge in [-0.05, 0) is 49.4 Å². The standard InChI is InChI=1S/C23H26ClN4O6P/c1-34-20-12-17-13-25-28(14-19(29)16-2-4-18(24)5-3-16)23(30)21(17)22(26-20)27-9-6-15(7-10-27)8-11-35(31,32)33/h2-5,12-13,15H,6-11,14H2,1H3,(H2,31,32,33). The summed E-state index contributed by atoms with van der Waals surface area (Å²) in [6.45, 7) is 0.922. The van der Waals surface area contributed by atoms with Gasteiger partial charge in [0.25, 0.3) is 5.56 Å². The fourth-order valence-corrected chi connectivity index (χ4v) is 5.08. The maximum atomic E-state index is 13.4. The van der Waals surface area contributed by atoms with Gasteiger partial charge in [0.1, 0.15) is 12.4 Å². The average Bonchev–Trinajstić information content (AvgIpc) is 2.84. The first-order chi connectivity index (χ1) is 16.6. The number of Topliss-reactive ketones (excluding diaryl/α,β-unsaturated/α-hetero) is 1. The van der Waals surface area contributed by atoms with Crippen LogP contribution in [0.1, 0.15) is 29.6 Å². The Hall–Kier alpha value is -2.78. The van der Waals surface area contributed by atoms with Crippen molar-refractivity contribution >= 4 is 41.6 Å². The van der Waals surface area contributed by atoms with Gasteiger partial charge >= 0.3 is 7.60 Å². The minimum atomic E-state index is -4.03. The quantitative estimate of drug-likeness (QED) is 0.339. The van der Waals surface area contributed by atoms with E-state index < -0.39 is 13.2 Å². The molecule has 1 aromatic carbocycles. The molecular formula is C23H26ClN4O6P. The third kappa shape index (κ3) is 6.08. The van der Waals surface area contributed by atoms with Crippen molar-refractivity contribution in [2.24, 2.45) is 5.92 Å². The molecular weight excluding hydrogens is 495 g/mol. The van der Waals surface area contributed by atoms with Gasteiger partial charge in [-0.2, -0.15) is 10.1 Å². The van der Waals surface area contributed by atoms with Gasteiger partial charge in [-0.25, -0.2) is 4.68 Å². The molecule has 3 aromatic rings. The predicted molar refractivity (Wildman–Crippen MR) is 133 cm³/mol. The lowest BCUT2D eigenvalue weighted by Gasteiger charge is -2.33. The zero-order valence-electron chi connectivity index (χ0n) is 19.1. The van der Waals surface area contributed by atoms with E-state index in [0.29, 0.717) is 65.4 Å². The van der Waals surface area contributed by atoms with Crippen LogP contribution in [0.25, 0.3) is 10.8 Å². The largest absolute Gasteiger partial charge is 0.481 e. The summed E-state index contributed by atoms with van der Waals surface area (Å²) >= 11 is 5.89. The topological polar surface area (TPSA) is 135 Å². The summed E-state index contributed by atoms with van der Waals surface area (Å²) in [5, 5.41) is 5.60. The number of carbonyl (C=O) groups is 1. The molecule has 1 saturated heterocycles. The lowest BCUT2D eigenvalue weighted by Crippen LogP contribution is -2.36. The van der Waals surface area contributed by atoms with Crippen LogP contribution >= 0.6 is 19.2 Å². The smallest absolute Gasteiger partial charge is 0.325 e. The van der Waals surface area contributed by atoms with Crippen molar-refractivity contribution in [2.45, 2.75) is 25.8 Å². The highest BCUT2D eigenvalue weighted by atomic mass is 35.5. The highest BCUT2D eigenvalue weighted by molar-refractivity contribution is 7.51. The van der Waals surface area contributed by atoms with Gasteiger partial charge < -0.3 is 19.4 Å². The molecule has 1 aliphatic rings. The molecule has 2 aromatic heterocycles. The van der Waals surface area contributed by atoms with Gasteiger partial charge in [-0.1, -0.05) is 11.6 Å².